The third-order valence-electron chi connectivity index (χ3n) is 4.50. The molecule has 1 amide bonds. The Balaban J connectivity index is 2.19. The smallest absolute Gasteiger partial charge is 0.433 e. The Bertz CT molecular complexity index is 1290. The largest absolute Gasteiger partial charge is 0.468 e. The standard InChI is InChI=1S/C18H18F3N5O4S2/c1-4-32(28,29)12-5-9(30-17(31-3)15(22)27)7-24-14(12)16-25-10-6-13(18(19,20)21)23-8-11(10)26(16)2/h5-8,17H,4H2,1-3H3,(H2,22,27). The first-order chi connectivity index (χ1) is 14.9. The van der Waals surface area contributed by atoms with E-state index in [2.05, 4.69) is 15.0 Å². The Morgan fingerprint density at radius 1 is 1.28 bits per heavy atom. The van der Waals surface area contributed by atoms with Gasteiger partial charge < -0.3 is 15.0 Å². The molecule has 1 unspecified atom stereocenters. The van der Waals surface area contributed by atoms with Gasteiger partial charge in [-0.15, -0.1) is 11.8 Å². The van der Waals surface area contributed by atoms with Crippen LogP contribution in [-0.2, 0) is 27.9 Å². The third-order valence-corrected chi connectivity index (χ3v) is 7.00. The number of aromatic nitrogens is 4. The van der Waals surface area contributed by atoms with E-state index in [1.807, 2.05) is 0 Å². The number of nitrogens with two attached hydrogens (primary N) is 1. The van der Waals surface area contributed by atoms with Crippen molar-refractivity contribution in [2.75, 3.05) is 12.0 Å². The monoisotopic (exact) mass is 489 g/mol. The fourth-order valence-corrected chi connectivity index (χ4v) is 4.34. The molecule has 0 aliphatic carbocycles. The third kappa shape index (κ3) is 4.50. The second kappa shape index (κ2) is 8.58. The number of fused-ring (bicyclic) bond motifs is 1. The molecule has 0 fully saturated rings. The molecule has 3 rings (SSSR count). The van der Waals surface area contributed by atoms with Crippen LogP contribution in [0.4, 0.5) is 13.2 Å². The van der Waals surface area contributed by atoms with Gasteiger partial charge in [-0.05, 0) is 12.3 Å². The maximum Gasteiger partial charge on any atom is 0.433 e. The molecule has 3 aromatic heterocycles. The Kier molecular flexibility index (Phi) is 6.38. The van der Waals surface area contributed by atoms with Gasteiger partial charge in [0.1, 0.15) is 22.0 Å². The molecular weight excluding hydrogens is 471 g/mol. The Hall–Kier alpha value is -2.87. The predicted molar refractivity (Wildman–Crippen MR) is 112 cm³/mol. The number of hydrogen-bond donors (Lipinski definition) is 1. The second-order valence-electron chi connectivity index (χ2n) is 6.56. The van der Waals surface area contributed by atoms with E-state index >= 15 is 0 Å². The lowest BCUT2D eigenvalue weighted by Gasteiger charge is -2.15. The second-order valence-corrected chi connectivity index (χ2v) is 9.71. The normalized spacial score (nSPS) is 13.3. The number of imidazole rings is 1. The topological polar surface area (TPSA) is 130 Å². The van der Waals surface area contributed by atoms with E-state index in [0.717, 1.165) is 24.0 Å². The van der Waals surface area contributed by atoms with Crippen LogP contribution in [-0.4, -0.2) is 51.3 Å². The highest BCUT2D eigenvalue weighted by Crippen LogP contribution is 2.33. The lowest BCUT2D eigenvalue weighted by atomic mass is 10.3. The molecule has 9 nitrogen and oxygen atoms in total. The number of sulfone groups is 1. The van der Waals surface area contributed by atoms with Crippen LogP contribution >= 0.6 is 11.8 Å². The van der Waals surface area contributed by atoms with Crippen LogP contribution < -0.4 is 10.5 Å². The van der Waals surface area contributed by atoms with Gasteiger partial charge in [0.25, 0.3) is 5.91 Å². The zero-order chi connectivity index (χ0) is 23.8. The van der Waals surface area contributed by atoms with E-state index in [-0.39, 0.29) is 38.9 Å². The van der Waals surface area contributed by atoms with Crippen LogP contribution in [0.25, 0.3) is 22.6 Å². The molecular formula is C18H18F3N5O4S2. The summed E-state index contributed by atoms with van der Waals surface area (Å²) < 4.78 is 71.4. The summed E-state index contributed by atoms with van der Waals surface area (Å²) in [6.07, 6.45) is -0.872. The van der Waals surface area contributed by atoms with Crippen LogP contribution in [0.2, 0.25) is 0 Å². The number of carbonyl (C=O) groups excluding carboxylic acids is 1. The number of thioether (sulfide) groups is 1. The molecule has 0 aromatic carbocycles. The Morgan fingerprint density at radius 3 is 2.53 bits per heavy atom. The summed E-state index contributed by atoms with van der Waals surface area (Å²) in [4.78, 5) is 22.9. The number of nitrogens with zero attached hydrogens (tertiary/aromatic N) is 4. The molecule has 32 heavy (non-hydrogen) atoms. The highest BCUT2D eigenvalue weighted by molar-refractivity contribution is 7.99. The number of halogens is 3. The van der Waals surface area contributed by atoms with Crippen molar-refractivity contribution in [3.05, 3.63) is 30.2 Å². The summed E-state index contributed by atoms with van der Waals surface area (Å²) in [7, 11) is -2.36. The number of amides is 1. The predicted octanol–water partition coefficient (Wildman–Crippen LogP) is 2.40. The summed E-state index contributed by atoms with van der Waals surface area (Å²) >= 11 is 1.01. The lowest BCUT2D eigenvalue weighted by molar-refractivity contribution is -0.141. The van der Waals surface area contributed by atoms with Gasteiger partial charge in [0.15, 0.2) is 15.7 Å². The highest BCUT2D eigenvalue weighted by Gasteiger charge is 2.33. The zero-order valence-electron chi connectivity index (χ0n) is 17.0. The molecule has 2 N–H and O–H groups in total. The Labute approximate surface area is 185 Å². The van der Waals surface area contributed by atoms with E-state index in [1.54, 1.807) is 6.26 Å². The van der Waals surface area contributed by atoms with E-state index in [1.165, 1.54) is 30.8 Å². The van der Waals surface area contributed by atoms with Crippen molar-refractivity contribution in [2.24, 2.45) is 12.8 Å². The van der Waals surface area contributed by atoms with Crippen LogP contribution in [0, 0.1) is 0 Å². The molecule has 0 saturated heterocycles. The van der Waals surface area contributed by atoms with Crippen LogP contribution in [0.5, 0.6) is 5.75 Å². The minimum atomic E-state index is -4.66. The molecule has 0 spiro atoms. The molecule has 0 radical (unpaired) electrons. The number of carbonyl (C=O) groups is 1. The summed E-state index contributed by atoms with van der Waals surface area (Å²) in [5, 5.41) is 0. The first-order valence-corrected chi connectivity index (χ1v) is 11.9. The van der Waals surface area contributed by atoms with Crippen LogP contribution in [0.15, 0.2) is 29.4 Å². The molecule has 0 saturated carbocycles. The molecule has 3 heterocycles. The number of primary amides is 1. The van der Waals surface area contributed by atoms with Gasteiger partial charge in [0, 0.05) is 13.1 Å². The SMILES string of the molecule is CCS(=O)(=O)c1cc(OC(SC)C(N)=O)cnc1-c1nc2cc(C(F)(F)F)ncc2n1C. The van der Waals surface area contributed by atoms with Crippen molar-refractivity contribution in [3.63, 3.8) is 0 Å². The fourth-order valence-electron chi connectivity index (χ4n) is 2.85. The van der Waals surface area contributed by atoms with Gasteiger partial charge in [-0.3, -0.25) is 4.79 Å². The van der Waals surface area contributed by atoms with Gasteiger partial charge >= 0.3 is 6.18 Å². The first-order valence-electron chi connectivity index (χ1n) is 9.00. The molecule has 1 atom stereocenters. The van der Waals surface area contributed by atoms with E-state index in [4.69, 9.17) is 10.5 Å². The summed E-state index contributed by atoms with van der Waals surface area (Å²) in [5.41, 5.74) is 3.21. The Morgan fingerprint density at radius 2 is 1.97 bits per heavy atom. The summed E-state index contributed by atoms with van der Waals surface area (Å²) in [6, 6.07) is 1.96. The number of rotatable bonds is 7. The number of alkyl halides is 3. The lowest BCUT2D eigenvalue weighted by Crippen LogP contribution is -2.30. The van der Waals surface area contributed by atoms with Gasteiger partial charge in [-0.25, -0.2) is 23.4 Å². The number of pyridine rings is 2. The van der Waals surface area contributed by atoms with Crippen molar-refractivity contribution in [1.29, 1.82) is 0 Å². The molecule has 0 bridgehead atoms. The average Bonchev–Trinajstić information content (AvgIpc) is 3.06. The summed E-state index contributed by atoms with van der Waals surface area (Å²) in [6.45, 7) is 1.43. The van der Waals surface area contributed by atoms with Crippen molar-refractivity contribution >= 4 is 38.5 Å². The van der Waals surface area contributed by atoms with Crippen molar-refractivity contribution in [1.82, 2.24) is 19.5 Å². The van der Waals surface area contributed by atoms with Crippen LogP contribution in [0.3, 0.4) is 0 Å². The van der Waals surface area contributed by atoms with Crippen molar-refractivity contribution in [2.45, 2.75) is 23.4 Å². The van der Waals surface area contributed by atoms with Gasteiger partial charge in [0.2, 0.25) is 5.44 Å². The number of ether oxygens (including phenoxy) is 1. The van der Waals surface area contributed by atoms with E-state index in [0.29, 0.717) is 0 Å². The molecule has 172 valence electrons. The summed E-state index contributed by atoms with van der Waals surface area (Å²) in [5.74, 6) is -1.03. The number of hydrogen-bond acceptors (Lipinski definition) is 8. The molecule has 14 heteroatoms. The highest BCUT2D eigenvalue weighted by atomic mass is 32.2. The maximum absolute atomic E-state index is 13.0. The average molecular weight is 490 g/mol. The van der Waals surface area contributed by atoms with Crippen molar-refractivity contribution < 1.29 is 31.1 Å². The van der Waals surface area contributed by atoms with Crippen LogP contribution in [0.1, 0.15) is 12.6 Å². The first kappa shape index (κ1) is 23.8. The minimum Gasteiger partial charge on any atom is -0.468 e. The van der Waals surface area contributed by atoms with Gasteiger partial charge in [-0.2, -0.15) is 13.2 Å². The maximum atomic E-state index is 13.0. The van der Waals surface area contributed by atoms with Gasteiger partial charge in [0.05, 0.1) is 29.2 Å². The molecule has 0 aliphatic rings. The minimum absolute atomic E-state index is 0.0151. The van der Waals surface area contributed by atoms with E-state index in [9.17, 15) is 26.4 Å². The molecule has 0 aliphatic heterocycles. The quantitative estimate of drug-likeness (QED) is 0.501. The van der Waals surface area contributed by atoms with E-state index < -0.39 is 33.1 Å². The zero-order valence-corrected chi connectivity index (χ0v) is 18.7. The number of aryl methyl sites for hydroxylation is 1. The fraction of sp³-hybridized carbons (Fsp3) is 0.333. The molecule has 3 aromatic rings. The van der Waals surface area contributed by atoms with Crippen molar-refractivity contribution in [3.8, 4) is 17.3 Å². The van der Waals surface area contributed by atoms with Gasteiger partial charge in [-0.1, -0.05) is 6.92 Å².